The fourth-order valence-corrected chi connectivity index (χ4v) is 4.71. The van der Waals surface area contributed by atoms with Gasteiger partial charge in [-0.1, -0.05) is 0 Å². The van der Waals surface area contributed by atoms with E-state index < -0.39 is 16.2 Å². The number of aryl methyl sites for hydroxylation is 2. The van der Waals surface area contributed by atoms with Gasteiger partial charge in [0.05, 0.1) is 36.5 Å². The summed E-state index contributed by atoms with van der Waals surface area (Å²) in [6.07, 6.45) is 2.27. The van der Waals surface area contributed by atoms with Gasteiger partial charge < -0.3 is 13.9 Å². The molecule has 0 aliphatic carbocycles. The fraction of sp³-hybridized carbons (Fsp3) is 0.353. The zero-order valence-electron chi connectivity index (χ0n) is 14.2. The third-order valence-corrected chi connectivity index (χ3v) is 5.75. The number of rotatable bonds is 3. The van der Waals surface area contributed by atoms with Crippen LogP contribution in [0.4, 0.5) is 0 Å². The number of ether oxygens (including phenoxy) is 1. The second-order valence-electron chi connectivity index (χ2n) is 6.44. The largest absolute Gasteiger partial charge is 0.497 e. The zero-order valence-corrected chi connectivity index (χ0v) is 15.0. The van der Waals surface area contributed by atoms with Crippen LogP contribution in [0.3, 0.4) is 0 Å². The van der Waals surface area contributed by atoms with Crippen LogP contribution in [0, 0.1) is 6.92 Å². The summed E-state index contributed by atoms with van der Waals surface area (Å²) in [5, 5.41) is 1.03. The minimum atomic E-state index is -4.10. The van der Waals surface area contributed by atoms with Crippen LogP contribution < -0.4 is 4.74 Å². The van der Waals surface area contributed by atoms with Crippen LogP contribution in [0.2, 0.25) is 0 Å². The standard InChI is InChI=1S/C17H19N3O4S/c1-10-18-8-16-17-14(6-11(20(10)16)9-25(21,22)23)13-7-12(24-3)4-5-15(13)19(17)2/h4-5,7-8,11H,6,9H2,1-3H3,(H,21,22,23). The number of methoxy groups -OCH3 is 1. The van der Waals surface area contributed by atoms with Crippen molar-refractivity contribution in [2.45, 2.75) is 19.4 Å². The Kier molecular flexibility index (Phi) is 3.45. The fourth-order valence-electron chi connectivity index (χ4n) is 3.95. The Labute approximate surface area is 145 Å². The summed E-state index contributed by atoms with van der Waals surface area (Å²) in [6.45, 7) is 1.84. The topological polar surface area (TPSA) is 86.4 Å². The molecule has 0 saturated heterocycles. The SMILES string of the molecule is COc1ccc2c(c1)c1c(n2C)-c2cnc(C)n2C(CS(=O)(=O)O)C1. The molecule has 3 heterocycles. The van der Waals surface area contributed by atoms with Crippen molar-refractivity contribution in [3.8, 4) is 17.1 Å². The highest BCUT2D eigenvalue weighted by molar-refractivity contribution is 7.85. The lowest BCUT2D eigenvalue weighted by molar-refractivity contribution is 0.415. The predicted octanol–water partition coefficient (Wildman–Crippen LogP) is 2.34. The lowest BCUT2D eigenvalue weighted by Gasteiger charge is -2.27. The van der Waals surface area contributed by atoms with Crippen molar-refractivity contribution in [3.05, 3.63) is 35.8 Å². The summed E-state index contributed by atoms with van der Waals surface area (Å²) in [7, 11) is -0.492. The molecule has 7 nitrogen and oxygen atoms in total. The lowest BCUT2D eigenvalue weighted by atomic mass is 9.97. The Hall–Kier alpha value is -2.32. The molecule has 0 fully saturated rings. The number of hydrogen-bond acceptors (Lipinski definition) is 4. The number of benzene rings is 1. The van der Waals surface area contributed by atoms with E-state index in [-0.39, 0.29) is 5.75 Å². The van der Waals surface area contributed by atoms with Gasteiger partial charge in [-0.05, 0) is 37.1 Å². The van der Waals surface area contributed by atoms with Crippen molar-refractivity contribution in [1.82, 2.24) is 14.1 Å². The van der Waals surface area contributed by atoms with E-state index in [1.807, 2.05) is 36.7 Å². The van der Waals surface area contributed by atoms with E-state index in [4.69, 9.17) is 4.74 Å². The van der Waals surface area contributed by atoms with Crippen molar-refractivity contribution in [2.24, 2.45) is 7.05 Å². The molecule has 0 spiro atoms. The first-order valence-corrected chi connectivity index (χ1v) is 9.55. The Bertz CT molecular complexity index is 1090. The molecule has 1 aromatic carbocycles. The highest BCUT2D eigenvalue weighted by atomic mass is 32.2. The first kappa shape index (κ1) is 16.2. The van der Waals surface area contributed by atoms with Crippen LogP contribution >= 0.6 is 0 Å². The van der Waals surface area contributed by atoms with Crippen molar-refractivity contribution in [3.63, 3.8) is 0 Å². The van der Waals surface area contributed by atoms with Crippen molar-refractivity contribution in [2.75, 3.05) is 12.9 Å². The van der Waals surface area contributed by atoms with Gasteiger partial charge in [0.2, 0.25) is 0 Å². The van der Waals surface area contributed by atoms with Crippen LogP contribution in [-0.4, -0.2) is 40.0 Å². The van der Waals surface area contributed by atoms with E-state index in [0.717, 1.165) is 39.4 Å². The molecule has 0 bridgehead atoms. The molecule has 4 rings (SSSR count). The monoisotopic (exact) mass is 361 g/mol. The third kappa shape index (κ3) is 2.44. The molecule has 2 aromatic heterocycles. The molecule has 1 unspecified atom stereocenters. The van der Waals surface area contributed by atoms with Crippen LogP contribution in [0.5, 0.6) is 5.75 Å². The van der Waals surface area contributed by atoms with Gasteiger partial charge in [0.1, 0.15) is 11.6 Å². The molecule has 132 valence electrons. The van der Waals surface area contributed by atoms with Gasteiger partial charge in [-0.15, -0.1) is 0 Å². The van der Waals surface area contributed by atoms with E-state index in [1.54, 1.807) is 13.3 Å². The molecular weight excluding hydrogens is 342 g/mol. The molecule has 3 aromatic rings. The maximum absolute atomic E-state index is 11.5. The number of nitrogens with zero attached hydrogens (tertiary/aromatic N) is 3. The summed E-state index contributed by atoms with van der Waals surface area (Å²) < 4.78 is 41.8. The molecule has 25 heavy (non-hydrogen) atoms. The molecule has 1 N–H and O–H groups in total. The maximum atomic E-state index is 11.5. The number of hydrogen-bond donors (Lipinski definition) is 1. The first-order valence-electron chi connectivity index (χ1n) is 7.95. The second kappa shape index (κ2) is 5.34. The molecule has 1 aliphatic rings. The van der Waals surface area contributed by atoms with Crippen LogP contribution in [0.15, 0.2) is 24.4 Å². The van der Waals surface area contributed by atoms with Crippen molar-refractivity contribution < 1.29 is 17.7 Å². The normalized spacial score (nSPS) is 16.7. The third-order valence-electron chi connectivity index (χ3n) is 4.94. The van der Waals surface area contributed by atoms with Crippen LogP contribution in [-0.2, 0) is 23.6 Å². The summed E-state index contributed by atoms with van der Waals surface area (Å²) in [5.41, 5.74) is 3.99. The summed E-state index contributed by atoms with van der Waals surface area (Å²) >= 11 is 0. The summed E-state index contributed by atoms with van der Waals surface area (Å²) in [5.74, 6) is 1.15. The quantitative estimate of drug-likeness (QED) is 0.724. The number of aromatic nitrogens is 3. The Morgan fingerprint density at radius 3 is 2.84 bits per heavy atom. The first-order chi connectivity index (χ1) is 11.8. The average Bonchev–Trinajstić information content (AvgIpc) is 3.05. The highest BCUT2D eigenvalue weighted by Crippen LogP contribution is 2.42. The summed E-state index contributed by atoms with van der Waals surface area (Å²) in [4.78, 5) is 4.37. The molecule has 0 radical (unpaired) electrons. The van der Waals surface area contributed by atoms with Crippen molar-refractivity contribution in [1.29, 1.82) is 0 Å². The Morgan fingerprint density at radius 2 is 2.16 bits per heavy atom. The van der Waals surface area contributed by atoms with Gasteiger partial charge in [0, 0.05) is 18.0 Å². The molecule has 0 amide bonds. The van der Waals surface area contributed by atoms with E-state index in [1.165, 1.54) is 0 Å². The lowest BCUT2D eigenvalue weighted by Crippen LogP contribution is -2.26. The van der Waals surface area contributed by atoms with Crippen molar-refractivity contribution >= 4 is 21.0 Å². The number of fused-ring (bicyclic) bond motifs is 5. The molecule has 1 atom stereocenters. The zero-order chi connectivity index (χ0) is 17.9. The minimum absolute atomic E-state index is 0.336. The molecular formula is C17H19N3O4S. The van der Waals surface area contributed by atoms with E-state index in [2.05, 4.69) is 9.55 Å². The van der Waals surface area contributed by atoms with Crippen LogP contribution in [0.25, 0.3) is 22.3 Å². The van der Waals surface area contributed by atoms with E-state index in [0.29, 0.717) is 6.42 Å². The predicted molar refractivity (Wildman–Crippen MR) is 94.6 cm³/mol. The van der Waals surface area contributed by atoms with E-state index >= 15 is 0 Å². The average molecular weight is 361 g/mol. The minimum Gasteiger partial charge on any atom is -0.497 e. The highest BCUT2D eigenvalue weighted by Gasteiger charge is 2.33. The van der Waals surface area contributed by atoms with Gasteiger partial charge in [0.15, 0.2) is 0 Å². The van der Waals surface area contributed by atoms with E-state index in [9.17, 15) is 13.0 Å². The molecule has 1 aliphatic heterocycles. The second-order valence-corrected chi connectivity index (χ2v) is 7.93. The van der Waals surface area contributed by atoms with Gasteiger partial charge >= 0.3 is 0 Å². The van der Waals surface area contributed by atoms with Gasteiger partial charge in [0.25, 0.3) is 10.1 Å². The molecule has 0 saturated carbocycles. The number of imidazole rings is 1. The van der Waals surface area contributed by atoms with Crippen LogP contribution in [0.1, 0.15) is 17.4 Å². The smallest absolute Gasteiger partial charge is 0.266 e. The van der Waals surface area contributed by atoms with Gasteiger partial charge in [-0.2, -0.15) is 8.42 Å². The summed E-state index contributed by atoms with van der Waals surface area (Å²) in [6, 6.07) is 5.48. The Morgan fingerprint density at radius 1 is 1.40 bits per heavy atom. The van der Waals surface area contributed by atoms with Gasteiger partial charge in [-0.25, -0.2) is 4.98 Å². The Balaban J connectivity index is 2.00. The van der Waals surface area contributed by atoms with Gasteiger partial charge in [-0.3, -0.25) is 4.55 Å². The molecule has 8 heteroatoms. The maximum Gasteiger partial charge on any atom is 0.266 e.